The van der Waals surface area contributed by atoms with E-state index < -0.39 is 0 Å². The van der Waals surface area contributed by atoms with Gasteiger partial charge in [0.1, 0.15) is 5.82 Å². The summed E-state index contributed by atoms with van der Waals surface area (Å²) < 4.78 is 13.0. The summed E-state index contributed by atoms with van der Waals surface area (Å²) in [4.78, 5) is 0. The predicted molar refractivity (Wildman–Crippen MR) is 83.2 cm³/mol. The molecule has 1 nitrogen and oxygen atoms in total. The number of hydrogen-bond acceptors (Lipinski definition) is 1. The molecule has 2 heteroatoms. The van der Waals surface area contributed by atoms with Crippen LogP contribution in [0.3, 0.4) is 0 Å². The summed E-state index contributed by atoms with van der Waals surface area (Å²) in [5.74, 6) is -0.170. The summed E-state index contributed by atoms with van der Waals surface area (Å²) in [5, 5.41) is 3.38. The SMILES string of the molecule is C=C(CNCCc1ccc(F)cc1C)c1ccccc1. The zero-order chi connectivity index (χ0) is 14.4. The average Bonchev–Trinajstić information content (AvgIpc) is 2.46. The van der Waals surface area contributed by atoms with Gasteiger partial charge in [-0.2, -0.15) is 0 Å². The summed E-state index contributed by atoms with van der Waals surface area (Å²) in [5.41, 5.74) is 4.44. The first kappa shape index (κ1) is 14.5. The topological polar surface area (TPSA) is 12.0 Å². The predicted octanol–water partition coefficient (Wildman–Crippen LogP) is 3.98. The summed E-state index contributed by atoms with van der Waals surface area (Å²) in [7, 11) is 0. The van der Waals surface area contributed by atoms with E-state index in [1.165, 1.54) is 11.6 Å². The Balaban J connectivity index is 1.78. The second-order valence-corrected chi connectivity index (χ2v) is 4.97. The number of benzene rings is 2. The van der Waals surface area contributed by atoms with Gasteiger partial charge in [0, 0.05) is 6.54 Å². The Hall–Kier alpha value is -1.93. The molecule has 0 spiro atoms. The van der Waals surface area contributed by atoms with Gasteiger partial charge in [0.25, 0.3) is 0 Å². The van der Waals surface area contributed by atoms with Crippen molar-refractivity contribution in [3.05, 3.63) is 77.6 Å². The first-order chi connectivity index (χ1) is 9.66. The lowest BCUT2D eigenvalue weighted by molar-refractivity contribution is 0.625. The summed E-state index contributed by atoms with van der Waals surface area (Å²) in [6.45, 7) is 7.66. The van der Waals surface area contributed by atoms with Crippen molar-refractivity contribution in [3.63, 3.8) is 0 Å². The molecule has 0 amide bonds. The van der Waals surface area contributed by atoms with Crippen molar-refractivity contribution in [2.45, 2.75) is 13.3 Å². The highest BCUT2D eigenvalue weighted by Crippen LogP contribution is 2.11. The van der Waals surface area contributed by atoms with Crippen molar-refractivity contribution in [3.8, 4) is 0 Å². The van der Waals surface area contributed by atoms with Gasteiger partial charge in [0.05, 0.1) is 0 Å². The van der Waals surface area contributed by atoms with E-state index in [2.05, 4.69) is 24.0 Å². The van der Waals surface area contributed by atoms with E-state index in [0.717, 1.165) is 36.2 Å². The maximum Gasteiger partial charge on any atom is 0.123 e. The molecule has 0 saturated heterocycles. The molecule has 0 saturated carbocycles. The van der Waals surface area contributed by atoms with Crippen molar-refractivity contribution in [1.82, 2.24) is 5.32 Å². The first-order valence-electron chi connectivity index (χ1n) is 6.86. The molecule has 20 heavy (non-hydrogen) atoms. The number of nitrogens with one attached hydrogen (secondary N) is 1. The highest BCUT2D eigenvalue weighted by Gasteiger charge is 2.01. The lowest BCUT2D eigenvalue weighted by Crippen LogP contribution is -2.19. The summed E-state index contributed by atoms with van der Waals surface area (Å²) >= 11 is 0. The van der Waals surface area contributed by atoms with Crippen molar-refractivity contribution in [2.24, 2.45) is 0 Å². The smallest absolute Gasteiger partial charge is 0.123 e. The molecule has 0 radical (unpaired) electrons. The fourth-order valence-electron chi connectivity index (χ4n) is 2.18. The molecule has 0 atom stereocenters. The van der Waals surface area contributed by atoms with Crippen molar-refractivity contribution in [2.75, 3.05) is 13.1 Å². The summed E-state index contributed by atoms with van der Waals surface area (Å²) in [6.07, 6.45) is 0.897. The maximum absolute atomic E-state index is 13.0. The van der Waals surface area contributed by atoms with Crippen LogP contribution in [0.2, 0.25) is 0 Å². The van der Waals surface area contributed by atoms with Crippen LogP contribution in [0.4, 0.5) is 4.39 Å². The Labute approximate surface area is 120 Å². The Morgan fingerprint density at radius 2 is 1.90 bits per heavy atom. The average molecular weight is 269 g/mol. The minimum absolute atomic E-state index is 0.170. The number of rotatable bonds is 6. The van der Waals surface area contributed by atoms with Crippen LogP contribution in [0, 0.1) is 12.7 Å². The molecule has 0 aromatic heterocycles. The van der Waals surface area contributed by atoms with E-state index >= 15 is 0 Å². The minimum atomic E-state index is -0.170. The van der Waals surface area contributed by atoms with Gasteiger partial charge in [0.2, 0.25) is 0 Å². The molecule has 0 aliphatic carbocycles. The number of hydrogen-bond donors (Lipinski definition) is 1. The molecule has 2 aromatic carbocycles. The summed E-state index contributed by atoms with van der Waals surface area (Å²) in [6, 6.07) is 15.1. The van der Waals surface area contributed by atoms with Gasteiger partial charge in [-0.15, -0.1) is 0 Å². The van der Waals surface area contributed by atoms with Gasteiger partial charge in [-0.25, -0.2) is 4.39 Å². The van der Waals surface area contributed by atoms with Gasteiger partial charge in [-0.05, 0) is 54.3 Å². The van der Waals surface area contributed by atoms with Crippen LogP contribution in [-0.4, -0.2) is 13.1 Å². The zero-order valence-electron chi connectivity index (χ0n) is 11.8. The standard InChI is InChI=1S/C18H20FN/c1-14-12-18(19)9-8-17(14)10-11-20-13-15(2)16-6-4-3-5-7-16/h3-9,12,20H,2,10-11,13H2,1H3. The van der Waals surface area contributed by atoms with Crippen LogP contribution in [-0.2, 0) is 6.42 Å². The van der Waals surface area contributed by atoms with Crippen LogP contribution in [0.1, 0.15) is 16.7 Å². The van der Waals surface area contributed by atoms with Gasteiger partial charge in [-0.3, -0.25) is 0 Å². The normalized spacial score (nSPS) is 10.5. The first-order valence-corrected chi connectivity index (χ1v) is 6.86. The van der Waals surface area contributed by atoms with E-state index in [1.54, 1.807) is 6.07 Å². The number of aryl methyl sites for hydroxylation is 1. The van der Waals surface area contributed by atoms with E-state index in [1.807, 2.05) is 31.2 Å². The van der Waals surface area contributed by atoms with Gasteiger partial charge >= 0.3 is 0 Å². The molecule has 2 aromatic rings. The highest BCUT2D eigenvalue weighted by atomic mass is 19.1. The molecule has 0 unspecified atom stereocenters. The van der Waals surface area contributed by atoms with E-state index in [4.69, 9.17) is 0 Å². The van der Waals surface area contributed by atoms with Crippen LogP contribution in [0.5, 0.6) is 0 Å². The second-order valence-electron chi connectivity index (χ2n) is 4.97. The van der Waals surface area contributed by atoms with Crippen molar-refractivity contribution < 1.29 is 4.39 Å². The van der Waals surface area contributed by atoms with Crippen molar-refractivity contribution in [1.29, 1.82) is 0 Å². The molecule has 0 aliphatic heterocycles. The minimum Gasteiger partial charge on any atom is -0.312 e. The van der Waals surface area contributed by atoms with E-state index in [-0.39, 0.29) is 5.82 Å². The monoisotopic (exact) mass is 269 g/mol. The van der Waals surface area contributed by atoms with Gasteiger partial charge in [0.15, 0.2) is 0 Å². The van der Waals surface area contributed by atoms with Crippen LogP contribution in [0.25, 0.3) is 5.57 Å². The molecule has 0 heterocycles. The molecule has 0 bridgehead atoms. The molecule has 2 rings (SSSR count). The molecule has 1 N–H and O–H groups in total. The van der Waals surface area contributed by atoms with E-state index in [0.29, 0.717) is 0 Å². The van der Waals surface area contributed by atoms with Crippen LogP contribution < -0.4 is 5.32 Å². The third-order valence-electron chi connectivity index (χ3n) is 3.40. The van der Waals surface area contributed by atoms with Crippen LogP contribution >= 0.6 is 0 Å². The molecular weight excluding hydrogens is 249 g/mol. The Morgan fingerprint density at radius 1 is 1.15 bits per heavy atom. The molecule has 0 fully saturated rings. The van der Waals surface area contributed by atoms with Crippen LogP contribution in [0.15, 0.2) is 55.1 Å². The maximum atomic E-state index is 13.0. The Morgan fingerprint density at radius 3 is 2.60 bits per heavy atom. The largest absolute Gasteiger partial charge is 0.312 e. The van der Waals surface area contributed by atoms with E-state index in [9.17, 15) is 4.39 Å². The third kappa shape index (κ3) is 4.04. The van der Waals surface area contributed by atoms with Crippen molar-refractivity contribution >= 4 is 5.57 Å². The highest BCUT2D eigenvalue weighted by molar-refractivity contribution is 5.64. The fourth-order valence-corrected chi connectivity index (χ4v) is 2.18. The third-order valence-corrected chi connectivity index (χ3v) is 3.40. The quantitative estimate of drug-likeness (QED) is 0.782. The lowest BCUT2D eigenvalue weighted by atomic mass is 10.1. The lowest BCUT2D eigenvalue weighted by Gasteiger charge is -2.09. The molecule has 0 aliphatic rings. The zero-order valence-corrected chi connectivity index (χ0v) is 11.8. The fraction of sp³-hybridized carbons (Fsp3) is 0.222. The Bertz CT molecular complexity index is 575. The Kier molecular flexibility index (Phi) is 5.08. The van der Waals surface area contributed by atoms with Gasteiger partial charge < -0.3 is 5.32 Å². The van der Waals surface area contributed by atoms with Gasteiger partial charge in [-0.1, -0.05) is 43.0 Å². The molecule has 104 valence electrons. The number of halogens is 1. The molecular formula is C18H20FN. The second kappa shape index (κ2) is 7.01.